The van der Waals surface area contributed by atoms with Crippen molar-refractivity contribution in [2.24, 2.45) is 0 Å². The summed E-state index contributed by atoms with van der Waals surface area (Å²) in [4.78, 5) is 0. The summed E-state index contributed by atoms with van der Waals surface area (Å²) in [5.74, 6) is 0. The Labute approximate surface area is 85.0 Å². The lowest BCUT2D eigenvalue weighted by Gasteiger charge is -2.18. The quantitative estimate of drug-likeness (QED) is 0.726. The molecule has 0 spiro atoms. The largest absolute Gasteiger partial charge is 0.380 e. The molecule has 1 heterocycles. The van der Waals surface area contributed by atoms with Gasteiger partial charge in [-0.15, -0.1) is 0 Å². The molecule has 80 valence electrons. The number of hydrogen-bond donors (Lipinski definition) is 2. The molecule has 2 N–H and O–H groups in total. The number of nitrogens with zero attached hydrogens (tertiary/aromatic N) is 1. The first-order chi connectivity index (χ1) is 6.74. The first kappa shape index (κ1) is 11.2. The fourth-order valence-electron chi connectivity index (χ4n) is 1.36. The second kappa shape index (κ2) is 5.78. The van der Waals surface area contributed by atoms with Gasteiger partial charge in [0.2, 0.25) is 0 Å². The maximum absolute atomic E-state index is 5.33. The van der Waals surface area contributed by atoms with E-state index in [-0.39, 0.29) is 0 Å². The van der Waals surface area contributed by atoms with Gasteiger partial charge in [0.25, 0.3) is 0 Å². The minimum Gasteiger partial charge on any atom is -0.380 e. The van der Waals surface area contributed by atoms with Gasteiger partial charge in [0.15, 0.2) is 0 Å². The van der Waals surface area contributed by atoms with E-state index >= 15 is 0 Å². The van der Waals surface area contributed by atoms with Crippen LogP contribution in [-0.4, -0.2) is 29.5 Å². The Bertz CT molecular complexity index is 236. The summed E-state index contributed by atoms with van der Waals surface area (Å²) in [5.41, 5.74) is 1.17. The van der Waals surface area contributed by atoms with E-state index in [4.69, 9.17) is 4.74 Å². The number of aromatic nitrogens is 2. The molecule has 0 saturated heterocycles. The topological polar surface area (TPSA) is 49.9 Å². The molecule has 4 heteroatoms. The lowest BCUT2D eigenvalue weighted by atomic mass is 10.2. The third-order valence-corrected chi connectivity index (χ3v) is 2.13. The minimum absolute atomic E-state index is 0.309. The van der Waals surface area contributed by atoms with Crippen LogP contribution in [0.2, 0.25) is 0 Å². The Balaban J connectivity index is 2.29. The normalized spacial score (nSPS) is 15.4. The Morgan fingerprint density at radius 3 is 2.93 bits per heavy atom. The number of aromatic amines is 1. The third kappa shape index (κ3) is 3.47. The zero-order chi connectivity index (χ0) is 10.4. The molecule has 4 nitrogen and oxygen atoms in total. The van der Waals surface area contributed by atoms with Crippen LogP contribution >= 0.6 is 0 Å². The highest BCUT2D eigenvalue weighted by Crippen LogP contribution is 2.09. The fourth-order valence-corrected chi connectivity index (χ4v) is 1.36. The van der Waals surface area contributed by atoms with Gasteiger partial charge in [0.1, 0.15) is 0 Å². The third-order valence-electron chi connectivity index (χ3n) is 2.13. The van der Waals surface area contributed by atoms with E-state index in [0.717, 1.165) is 13.2 Å². The number of rotatable bonds is 6. The summed E-state index contributed by atoms with van der Waals surface area (Å²) in [6.07, 6.45) is 3.75. The molecule has 0 aromatic carbocycles. The van der Waals surface area contributed by atoms with Gasteiger partial charge in [-0.2, -0.15) is 5.10 Å². The van der Waals surface area contributed by atoms with Crippen LogP contribution in [0.1, 0.15) is 32.4 Å². The molecule has 0 aliphatic rings. The van der Waals surface area contributed by atoms with Crippen LogP contribution in [-0.2, 0) is 4.74 Å². The van der Waals surface area contributed by atoms with E-state index in [1.54, 1.807) is 0 Å². The van der Waals surface area contributed by atoms with E-state index in [1.807, 2.05) is 19.3 Å². The fraction of sp³-hybridized carbons (Fsp3) is 0.700. The summed E-state index contributed by atoms with van der Waals surface area (Å²) >= 11 is 0. The van der Waals surface area contributed by atoms with Gasteiger partial charge in [-0.05, 0) is 20.8 Å². The van der Waals surface area contributed by atoms with Gasteiger partial charge in [0.05, 0.1) is 12.8 Å². The molecule has 2 unspecified atom stereocenters. The molecule has 0 saturated carbocycles. The maximum Gasteiger partial charge on any atom is 0.0616 e. The average Bonchev–Trinajstić information content (AvgIpc) is 2.67. The maximum atomic E-state index is 5.33. The highest BCUT2D eigenvalue weighted by Gasteiger charge is 2.09. The second-order valence-electron chi connectivity index (χ2n) is 3.48. The van der Waals surface area contributed by atoms with Gasteiger partial charge < -0.3 is 10.1 Å². The number of ether oxygens (including phenoxy) is 1. The van der Waals surface area contributed by atoms with Crippen LogP contribution in [0.4, 0.5) is 0 Å². The monoisotopic (exact) mass is 197 g/mol. The predicted molar refractivity (Wildman–Crippen MR) is 56.1 cm³/mol. The SMILES string of the molecule is CCOCC(C)NC(C)c1cn[nH]c1. The highest BCUT2D eigenvalue weighted by atomic mass is 16.5. The Morgan fingerprint density at radius 1 is 1.57 bits per heavy atom. The molecular weight excluding hydrogens is 178 g/mol. The van der Waals surface area contributed by atoms with E-state index in [9.17, 15) is 0 Å². The standard InChI is InChI=1S/C10H19N3O/c1-4-14-7-8(2)13-9(3)10-5-11-12-6-10/h5-6,8-9,13H,4,7H2,1-3H3,(H,11,12). The van der Waals surface area contributed by atoms with Crippen molar-refractivity contribution in [1.82, 2.24) is 15.5 Å². The van der Waals surface area contributed by atoms with Crippen molar-refractivity contribution in [2.45, 2.75) is 32.9 Å². The summed E-state index contributed by atoms with van der Waals surface area (Å²) in [6.45, 7) is 7.76. The molecule has 2 atom stereocenters. The van der Waals surface area contributed by atoms with Gasteiger partial charge in [-0.25, -0.2) is 0 Å². The van der Waals surface area contributed by atoms with Crippen molar-refractivity contribution >= 4 is 0 Å². The molecule has 0 aliphatic heterocycles. The van der Waals surface area contributed by atoms with Gasteiger partial charge in [0, 0.05) is 30.5 Å². The lowest BCUT2D eigenvalue weighted by molar-refractivity contribution is 0.124. The van der Waals surface area contributed by atoms with E-state index in [1.165, 1.54) is 5.56 Å². The number of hydrogen-bond acceptors (Lipinski definition) is 3. The van der Waals surface area contributed by atoms with Crippen LogP contribution in [0.5, 0.6) is 0 Å². The van der Waals surface area contributed by atoms with Crippen LogP contribution in [0, 0.1) is 0 Å². The summed E-state index contributed by atoms with van der Waals surface area (Å²) in [6, 6.07) is 0.670. The van der Waals surface area contributed by atoms with E-state index < -0.39 is 0 Å². The van der Waals surface area contributed by atoms with Crippen LogP contribution < -0.4 is 5.32 Å². The van der Waals surface area contributed by atoms with Crippen LogP contribution in [0.25, 0.3) is 0 Å². The van der Waals surface area contributed by atoms with Crippen molar-refractivity contribution in [2.75, 3.05) is 13.2 Å². The van der Waals surface area contributed by atoms with Gasteiger partial charge in [-0.3, -0.25) is 5.10 Å². The Hall–Kier alpha value is -0.870. The molecule has 0 aliphatic carbocycles. The molecule has 0 amide bonds. The molecule has 14 heavy (non-hydrogen) atoms. The zero-order valence-electron chi connectivity index (χ0n) is 9.08. The van der Waals surface area contributed by atoms with Crippen LogP contribution in [0.15, 0.2) is 12.4 Å². The van der Waals surface area contributed by atoms with Crippen molar-refractivity contribution < 1.29 is 4.74 Å². The Kier molecular flexibility index (Phi) is 4.62. The molecule has 1 aromatic heterocycles. The molecule has 0 radical (unpaired) electrons. The van der Waals surface area contributed by atoms with Gasteiger partial charge >= 0.3 is 0 Å². The predicted octanol–water partition coefficient (Wildman–Crippen LogP) is 1.49. The van der Waals surface area contributed by atoms with E-state index in [2.05, 4.69) is 29.4 Å². The summed E-state index contributed by atoms with van der Waals surface area (Å²) in [7, 11) is 0. The first-order valence-corrected chi connectivity index (χ1v) is 5.06. The molecule has 1 rings (SSSR count). The van der Waals surface area contributed by atoms with Crippen molar-refractivity contribution in [3.05, 3.63) is 18.0 Å². The van der Waals surface area contributed by atoms with E-state index in [0.29, 0.717) is 12.1 Å². The molecular formula is C10H19N3O. The summed E-state index contributed by atoms with van der Waals surface area (Å²) < 4.78 is 5.33. The number of H-pyrrole nitrogens is 1. The Morgan fingerprint density at radius 2 is 2.36 bits per heavy atom. The summed E-state index contributed by atoms with van der Waals surface area (Å²) in [5, 5.41) is 10.2. The van der Waals surface area contributed by atoms with Crippen molar-refractivity contribution in [3.63, 3.8) is 0 Å². The van der Waals surface area contributed by atoms with Crippen molar-refractivity contribution in [3.8, 4) is 0 Å². The second-order valence-corrected chi connectivity index (χ2v) is 3.48. The minimum atomic E-state index is 0.309. The van der Waals surface area contributed by atoms with Gasteiger partial charge in [-0.1, -0.05) is 0 Å². The highest BCUT2D eigenvalue weighted by molar-refractivity contribution is 5.08. The molecule has 0 fully saturated rings. The zero-order valence-corrected chi connectivity index (χ0v) is 9.08. The molecule has 1 aromatic rings. The average molecular weight is 197 g/mol. The molecule has 0 bridgehead atoms. The lowest BCUT2D eigenvalue weighted by Crippen LogP contribution is -2.32. The van der Waals surface area contributed by atoms with Crippen molar-refractivity contribution in [1.29, 1.82) is 0 Å². The number of nitrogens with one attached hydrogen (secondary N) is 2. The smallest absolute Gasteiger partial charge is 0.0616 e. The first-order valence-electron chi connectivity index (χ1n) is 5.06. The van der Waals surface area contributed by atoms with Crippen LogP contribution in [0.3, 0.4) is 0 Å².